The van der Waals surface area contributed by atoms with Crippen molar-refractivity contribution < 1.29 is 17.7 Å². The number of ether oxygens (including phenoxy) is 1. The van der Waals surface area contributed by atoms with E-state index in [4.69, 9.17) is 4.74 Å². The second-order valence-electron chi connectivity index (χ2n) is 3.43. The first kappa shape index (κ1) is 10.9. The first-order valence-corrected chi connectivity index (χ1v) is 4.47. The summed E-state index contributed by atoms with van der Waals surface area (Å²) in [6.45, 7) is -3.92. The van der Waals surface area contributed by atoms with Crippen LogP contribution in [-0.4, -0.2) is 44.6 Å². The van der Waals surface area contributed by atoms with Gasteiger partial charge in [-0.3, -0.25) is 0 Å². The van der Waals surface area contributed by atoms with Crippen molar-refractivity contribution in [1.29, 1.82) is 0 Å². The van der Waals surface area contributed by atoms with E-state index in [0.717, 1.165) is 12.8 Å². The summed E-state index contributed by atoms with van der Waals surface area (Å²) >= 11 is 0. The van der Waals surface area contributed by atoms with Crippen molar-refractivity contribution >= 4 is 6.98 Å². The van der Waals surface area contributed by atoms with Gasteiger partial charge in [0.15, 0.2) is 0 Å². The van der Waals surface area contributed by atoms with Crippen LogP contribution in [0, 0.1) is 0 Å². The molecule has 0 spiro atoms. The molecule has 0 atom stereocenters. The van der Waals surface area contributed by atoms with E-state index in [-0.39, 0.29) is 6.04 Å². The molecule has 1 aliphatic rings. The second kappa shape index (κ2) is 4.33. The Hall–Kier alpha value is -0.225. The predicted octanol–water partition coefficient (Wildman–Crippen LogP) is 1.48. The molecule has 2 nitrogen and oxygen atoms in total. The third-order valence-electron chi connectivity index (χ3n) is 2.09. The van der Waals surface area contributed by atoms with Crippen LogP contribution in [-0.2, 0) is 4.74 Å². The third-order valence-corrected chi connectivity index (χ3v) is 2.09. The van der Waals surface area contributed by atoms with E-state index in [1.807, 2.05) is 0 Å². The zero-order valence-corrected chi connectivity index (χ0v) is 7.68. The number of methoxy groups -OCH3 is 1. The lowest BCUT2D eigenvalue weighted by Gasteiger charge is -2.27. The molecule has 13 heavy (non-hydrogen) atoms. The van der Waals surface area contributed by atoms with Crippen LogP contribution in [0.5, 0.6) is 0 Å². The number of halogens is 3. The summed E-state index contributed by atoms with van der Waals surface area (Å²) in [7, 11) is 1.50. The van der Waals surface area contributed by atoms with Crippen molar-refractivity contribution in [2.75, 3.05) is 26.7 Å². The first-order valence-electron chi connectivity index (χ1n) is 4.47. The van der Waals surface area contributed by atoms with E-state index in [1.54, 1.807) is 0 Å². The van der Waals surface area contributed by atoms with Gasteiger partial charge in [0.25, 0.3) is 0 Å². The Kier molecular flexibility index (Phi) is 3.61. The van der Waals surface area contributed by atoms with Crippen LogP contribution in [0.15, 0.2) is 0 Å². The van der Waals surface area contributed by atoms with Crippen LogP contribution >= 0.6 is 0 Å². The molecule has 0 saturated heterocycles. The van der Waals surface area contributed by atoms with Gasteiger partial charge in [0.1, 0.15) is 0 Å². The highest BCUT2D eigenvalue weighted by atomic mass is 19.4. The highest BCUT2D eigenvalue weighted by Crippen LogP contribution is 2.28. The van der Waals surface area contributed by atoms with Crippen molar-refractivity contribution in [3.8, 4) is 0 Å². The summed E-state index contributed by atoms with van der Waals surface area (Å²) in [6.07, 6.45) is 1.06. The molecule has 6 heteroatoms. The van der Waals surface area contributed by atoms with Gasteiger partial charge < -0.3 is 22.6 Å². The lowest BCUT2D eigenvalue weighted by Crippen LogP contribution is -2.41. The molecule has 1 saturated carbocycles. The molecule has 0 aromatic rings. The van der Waals surface area contributed by atoms with Gasteiger partial charge in [-0.15, -0.1) is 0 Å². The monoisotopic (exact) mass is 196 g/mol. The molecular weight excluding hydrogens is 182 g/mol. The molecule has 78 valence electrons. The Morgan fingerprint density at radius 3 is 2.38 bits per heavy atom. The first-order chi connectivity index (χ1) is 6.03. The molecule has 1 rings (SSSR count). The van der Waals surface area contributed by atoms with Gasteiger partial charge in [-0.2, -0.15) is 0 Å². The molecule has 0 unspecified atom stereocenters. The molecule has 0 heterocycles. The molecular formula is C7H14BF3NO-. The molecule has 1 aliphatic carbocycles. The Morgan fingerprint density at radius 2 is 2.00 bits per heavy atom. The van der Waals surface area contributed by atoms with Crippen molar-refractivity contribution in [2.45, 2.75) is 18.9 Å². The zero-order chi connectivity index (χ0) is 9.90. The SMILES string of the molecule is COCCN(C[B-](F)(F)F)C1CC1. The quantitative estimate of drug-likeness (QED) is 0.596. The highest BCUT2D eigenvalue weighted by molar-refractivity contribution is 6.58. The summed E-state index contributed by atoms with van der Waals surface area (Å²) in [5.41, 5.74) is 0. The van der Waals surface area contributed by atoms with Crippen LogP contribution in [0.2, 0.25) is 0 Å². The second-order valence-corrected chi connectivity index (χ2v) is 3.43. The highest BCUT2D eigenvalue weighted by Gasteiger charge is 2.34. The maximum atomic E-state index is 12.1. The standard InChI is InChI=1S/C7H14BF3NO/c1-13-5-4-12(7-2-3-7)6-8(9,10)11/h7H,2-6H2,1H3/q-1. The average Bonchev–Trinajstić information content (AvgIpc) is 2.77. The van der Waals surface area contributed by atoms with Gasteiger partial charge in [-0.05, 0) is 19.3 Å². The summed E-state index contributed by atoms with van der Waals surface area (Å²) in [5.74, 6) is 0. The minimum atomic E-state index is -4.69. The van der Waals surface area contributed by atoms with Crippen molar-refractivity contribution in [3.63, 3.8) is 0 Å². The Labute approximate surface area is 76.1 Å². The summed E-state index contributed by atoms with van der Waals surface area (Å²) in [4.78, 5) is 1.48. The lowest BCUT2D eigenvalue weighted by atomic mass is 9.91. The smallest absolute Gasteiger partial charge is 0.448 e. The van der Waals surface area contributed by atoms with Gasteiger partial charge in [-0.1, -0.05) is 0 Å². The zero-order valence-electron chi connectivity index (χ0n) is 7.68. The maximum absolute atomic E-state index is 12.1. The van der Waals surface area contributed by atoms with E-state index >= 15 is 0 Å². The number of rotatable bonds is 6. The number of nitrogens with zero attached hydrogens (tertiary/aromatic N) is 1. The van der Waals surface area contributed by atoms with Gasteiger partial charge in [0.05, 0.1) is 6.61 Å². The molecule has 1 fully saturated rings. The Balaban J connectivity index is 2.29. The normalized spacial score (nSPS) is 18.2. The largest absolute Gasteiger partial charge is 0.492 e. The summed E-state index contributed by atoms with van der Waals surface area (Å²) in [6, 6.07) is 0.152. The van der Waals surface area contributed by atoms with Gasteiger partial charge in [-0.25, -0.2) is 0 Å². The molecule has 0 aromatic carbocycles. The summed E-state index contributed by atoms with van der Waals surface area (Å²) in [5, 5.41) is 0. The fourth-order valence-corrected chi connectivity index (χ4v) is 1.34. The Morgan fingerprint density at radius 1 is 1.38 bits per heavy atom. The van der Waals surface area contributed by atoms with Crippen LogP contribution < -0.4 is 0 Å². The molecule has 0 N–H and O–H groups in total. The van der Waals surface area contributed by atoms with Crippen LogP contribution in [0.1, 0.15) is 12.8 Å². The van der Waals surface area contributed by atoms with Crippen LogP contribution in [0.4, 0.5) is 12.9 Å². The van der Waals surface area contributed by atoms with Crippen LogP contribution in [0.3, 0.4) is 0 Å². The topological polar surface area (TPSA) is 12.5 Å². The average molecular weight is 196 g/mol. The van der Waals surface area contributed by atoms with E-state index in [0.29, 0.717) is 13.2 Å². The van der Waals surface area contributed by atoms with Crippen molar-refractivity contribution in [3.05, 3.63) is 0 Å². The van der Waals surface area contributed by atoms with Gasteiger partial charge >= 0.3 is 6.98 Å². The molecule has 0 radical (unpaired) electrons. The Bertz CT molecular complexity index is 160. The van der Waals surface area contributed by atoms with E-state index in [2.05, 4.69) is 0 Å². The van der Waals surface area contributed by atoms with Crippen LogP contribution in [0.25, 0.3) is 0 Å². The molecule has 0 aromatic heterocycles. The minimum absolute atomic E-state index is 0.152. The predicted molar refractivity (Wildman–Crippen MR) is 45.5 cm³/mol. The summed E-state index contributed by atoms with van der Waals surface area (Å²) < 4.78 is 41.1. The lowest BCUT2D eigenvalue weighted by molar-refractivity contribution is 0.148. The maximum Gasteiger partial charge on any atom is 0.492 e. The van der Waals surface area contributed by atoms with Gasteiger partial charge in [0, 0.05) is 19.7 Å². The third kappa shape index (κ3) is 4.52. The van der Waals surface area contributed by atoms with E-state index in [1.165, 1.54) is 12.0 Å². The van der Waals surface area contributed by atoms with E-state index < -0.39 is 13.4 Å². The number of hydrogen-bond acceptors (Lipinski definition) is 2. The fourth-order valence-electron chi connectivity index (χ4n) is 1.34. The van der Waals surface area contributed by atoms with Crippen molar-refractivity contribution in [2.24, 2.45) is 0 Å². The molecule has 0 amide bonds. The van der Waals surface area contributed by atoms with E-state index in [9.17, 15) is 12.9 Å². The number of hydrogen-bond donors (Lipinski definition) is 0. The minimum Gasteiger partial charge on any atom is -0.448 e. The molecule has 0 aliphatic heterocycles. The fraction of sp³-hybridized carbons (Fsp3) is 1.00. The van der Waals surface area contributed by atoms with Gasteiger partial charge in [0.2, 0.25) is 0 Å². The molecule has 0 bridgehead atoms. The van der Waals surface area contributed by atoms with Crippen molar-refractivity contribution in [1.82, 2.24) is 4.90 Å².